The number of carbonyl (C=O) groups is 2. The first-order chi connectivity index (χ1) is 11.0. The summed E-state index contributed by atoms with van der Waals surface area (Å²) in [7, 11) is 0. The largest absolute Gasteiger partial charge is 0.481 e. The molecule has 2 rings (SSSR count). The van der Waals surface area contributed by atoms with Gasteiger partial charge in [-0.2, -0.15) is 0 Å². The summed E-state index contributed by atoms with van der Waals surface area (Å²) >= 11 is 1.78. The number of carbonyl (C=O) groups excluding carboxylic acids is 1. The normalized spacial score (nSPS) is 18.2. The quantitative estimate of drug-likeness (QED) is 0.797. The summed E-state index contributed by atoms with van der Waals surface area (Å²) in [5, 5.41) is 9.40. The van der Waals surface area contributed by atoms with Crippen LogP contribution in [0.1, 0.15) is 56.3 Å². The fraction of sp³-hybridized carbons (Fsp3) is 0.556. The predicted molar refractivity (Wildman–Crippen MR) is 93.0 cm³/mol. The Balaban J connectivity index is 2.05. The molecule has 1 fully saturated rings. The van der Waals surface area contributed by atoms with Crippen LogP contribution in [0.2, 0.25) is 0 Å². The van der Waals surface area contributed by atoms with Gasteiger partial charge in [-0.05, 0) is 49.9 Å². The maximum atomic E-state index is 12.8. The van der Waals surface area contributed by atoms with Gasteiger partial charge in [-0.25, -0.2) is 0 Å². The molecule has 5 heteroatoms. The molecule has 4 nitrogen and oxygen atoms in total. The van der Waals surface area contributed by atoms with E-state index in [1.807, 2.05) is 29.2 Å². The number of thioether (sulfide) groups is 1. The number of benzene rings is 1. The van der Waals surface area contributed by atoms with Crippen LogP contribution in [0.5, 0.6) is 0 Å². The molecule has 0 spiro atoms. The van der Waals surface area contributed by atoms with E-state index in [4.69, 9.17) is 5.11 Å². The van der Waals surface area contributed by atoms with E-state index >= 15 is 0 Å². The lowest BCUT2D eigenvalue weighted by Gasteiger charge is -2.35. The van der Waals surface area contributed by atoms with Crippen LogP contribution < -0.4 is 0 Å². The van der Waals surface area contributed by atoms with Gasteiger partial charge >= 0.3 is 5.97 Å². The number of hydrogen-bond acceptors (Lipinski definition) is 3. The zero-order chi connectivity index (χ0) is 16.8. The van der Waals surface area contributed by atoms with Crippen molar-refractivity contribution in [3.63, 3.8) is 0 Å². The summed E-state index contributed by atoms with van der Waals surface area (Å²) in [6, 6.07) is 7.81. The van der Waals surface area contributed by atoms with Gasteiger partial charge in [-0.1, -0.05) is 13.8 Å². The second-order valence-electron chi connectivity index (χ2n) is 6.27. The zero-order valence-corrected chi connectivity index (χ0v) is 14.6. The number of hydrogen-bond donors (Lipinski definition) is 1. The smallest absolute Gasteiger partial charge is 0.303 e. The molecule has 0 bridgehead atoms. The van der Waals surface area contributed by atoms with Gasteiger partial charge in [-0.15, -0.1) is 11.8 Å². The van der Waals surface area contributed by atoms with Crippen LogP contribution in [-0.4, -0.2) is 39.7 Å². The molecule has 0 aromatic heterocycles. The molecule has 23 heavy (non-hydrogen) atoms. The highest BCUT2D eigenvalue weighted by Crippen LogP contribution is 2.26. The molecule has 0 aliphatic carbocycles. The van der Waals surface area contributed by atoms with Gasteiger partial charge in [-0.3, -0.25) is 9.59 Å². The summed E-state index contributed by atoms with van der Waals surface area (Å²) < 4.78 is 0. The Morgan fingerprint density at radius 2 is 1.96 bits per heavy atom. The molecule has 1 N–H and O–H groups in total. The van der Waals surface area contributed by atoms with Gasteiger partial charge in [0.1, 0.15) is 0 Å². The van der Waals surface area contributed by atoms with Crippen LogP contribution in [0.3, 0.4) is 0 Å². The third kappa shape index (κ3) is 5.27. The van der Waals surface area contributed by atoms with E-state index in [0.717, 1.165) is 30.7 Å². The van der Waals surface area contributed by atoms with E-state index in [-0.39, 0.29) is 18.4 Å². The van der Waals surface area contributed by atoms with Crippen molar-refractivity contribution in [2.24, 2.45) is 0 Å². The van der Waals surface area contributed by atoms with E-state index in [0.29, 0.717) is 17.2 Å². The monoisotopic (exact) mass is 335 g/mol. The molecule has 1 aromatic carbocycles. The highest BCUT2D eigenvalue weighted by atomic mass is 32.2. The van der Waals surface area contributed by atoms with Crippen molar-refractivity contribution in [1.82, 2.24) is 4.90 Å². The molecule has 1 aromatic rings. The summed E-state index contributed by atoms with van der Waals surface area (Å²) in [4.78, 5) is 26.6. The number of rotatable bonds is 6. The van der Waals surface area contributed by atoms with Crippen molar-refractivity contribution < 1.29 is 14.7 Å². The Labute approximate surface area is 142 Å². The first-order valence-electron chi connectivity index (χ1n) is 8.27. The molecule has 1 aliphatic rings. The maximum absolute atomic E-state index is 12.8. The summed E-state index contributed by atoms with van der Waals surface area (Å²) in [5.74, 6) is -0.765. The number of piperidine rings is 1. The van der Waals surface area contributed by atoms with E-state index in [2.05, 4.69) is 13.8 Å². The molecule has 1 aliphatic heterocycles. The Kier molecular flexibility index (Phi) is 6.51. The van der Waals surface area contributed by atoms with Crippen LogP contribution >= 0.6 is 11.8 Å². The topological polar surface area (TPSA) is 57.6 Å². The molecule has 0 saturated carbocycles. The molecule has 1 heterocycles. The van der Waals surface area contributed by atoms with Crippen LogP contribution in [0.15, 0.2) is 29.2 Å². The fourth-order valence-electron chi connectivity index (χ4n) is 2.97. The minimum atomic E-state index is -0.793. The van der Waals surface area contributed by atoms with Crippen molar-refractivity contribution in [3.05, 3.63) is 29.8 Å². The second kappa shape index (κ2) is 8.39. The van der Waals surface area contributed by atoms with Crippen molar-refractivity contribution in [2.45, 2.75) is 62.1 Å². The van der Waals surface area contributed by atoms with Crippen molar-refractivity contribution in [2.75, 3.05) is 6.54 Å². The van der Waals surface area contributed by atoms with Gasteiger partial charge in [0.25, 0.3) is 5.91 Å². The number of amides is 1. The summed E-state index contributed by atoms with van der Waals surface area (Å²) in [5.41, 5.74) is 0.695. The minimum Gasteiger partial charge on any atom is -0.481 e. The standard InChI is InChI=1S/C18H25NO3S/c1-13(2)23-16-9-6-14(7-10-16)18(22)19-12-4-3-5-15(19)8-11-17(20)21/h6-7,9-10,13,15H,3-5,8,11-12H2,1-2H3,(H,20,21). The molecule has 0 radical (unpaired) electrons. The van der Waals surface area contributed by atoms with E-state index in [1.54, 1.807) is 11.8 Å². The Morgan fingerprint density at radius 1 is 1.26 bits per heavy atom. The highest BCUT2D eigenvalue weighted by Gasteiger charge is 2.27. The lowest BCUT2D eigenvalue weighted by Crippen LogP contribution is -2.43. The van der Waals surface area contributed by atoms with Crippen LogP contribution in [0.25, 0.3) is 0 Å². The third-order valence-corrected chi connectivity index (χ3v) is 5.07. The molecule has 126 valence electrons. The number of carboxylic acids is 1. The summed E-state index contributed by atoms with van der Waals surface area (Å²) in [6.07, 6.45) is 3.63. The number of likely N-dealkylation sites (tertiary alicyclic amines) is 1. The van der Waals surface area contributed by atoms with Crippen LogP contribution in [0.4, 0.5) is 0 Å². The maximum Gasteiger partial charge on any atom is 0.303 e. The third-order valence-electron chi connectivity index (χ3n) is 4.05. The average molecular weight is 335 g/mol. The van der Waals surface area contributed by atoms with Gasteiger partial charge < -0.3 is 10.0 Å². The van der Waals surface area contributed by atoms with Crippen LogP contribution in [-0.2, 0) is 4.79 Å². The number of aliphatic carboxylic acids is 1. The Morgan fingerprint density at radius 3 is 2.57 bits per heavy atom. The molecular formula is C18H25NO3S. The van der Waals surface area contributed by atoms with Gasteiger partial charge in [0.15, 0.2) is 0 Å². The molecule has 1 atom stereocenters. The zero-order valence-electron chi connectivity index (χ0n) is 13.8. The first kappa shape index (κ1) is 17.9. The fourth-order valence-corrected chi connectivity index (χ4v) is 3.81. The van der Waals surface area contributed by atoms with Gasteiger partial charge in [0, 0.05) is 34.7 Å². The Hall–Kier alpha value is -1.49. The highest BCUT2D eigenvalue weighted by molar-refractivity contribution is 7.99. The summed E-state index contributed by atoms with van der Waals surface area (Å²) in [6.45, 7) is 5.01. The van der Waals surface area contributed by atoms with Crippen molar-refractivity contribution in [1.29, 1.82) is 0 Å². The predicted octanol–water partition coefficient (Wildman–Crippen LogP) is 4.05. The Bertz CT molecular complexity index is 542. The lowest BCUT2D eigenvalue weighted by molar-refractivity contribution is -0.137. The SMILES string of the molecule is CC(C)Sc1ccc(C(=O)N2CCCCC2CCC(=O)O)cc1. The number of nitrogens with zero attached hydrogens (tertiary/aromatic N) is 1. The molecule has 1 saturated heterocycles. The molecule has 1 unspecified atom stereocenters. The van der Waals surface area contributed by atoms with Gasteiger partial charge in [0.05, 0.1) is 0 Å². The number of carboxylic acid groups (broad SMARTS) is 1. The lowest BCUT2D eigenvalue weighted by atomic mass is 9.97. The van der Waals surface area contributed by atoms with Gasteiger partial charge in [0.2, 0.25) is 0 Å². The molecule has 1 amide bonds. The van der Waals surface area contributed by atoms with Crippen molar-refractivity contribution >= 4 is 23.6 Å². The second-order valence-corrected chi connectivity index (χ2v) is 7.92. The van der Waals surface area contributed by atoms with Crippen LogP contribution in [0, 0.1) is 0 Å². The first-order valence-corrected chi connectivity index (χ1v) is 9.15. The van der Waals surface area contributed by atoms with Crippen molar-refractivity contribution in [3.8, 4) is 0 Å². The van der Waals surface area contributed by atoms with E-state index in [9.17, 15) is 9.59 Å². The van der Waals surface area contributed by atoms with E-state index in [1.165, 1.54) is 0 Å². The van der Waals surface area contributed by atoms with E-state index < -0.39 is 5.97 Å². The average Bonchev–Trinajstić information content (AvgIpc) is 2.52. The minimum absolute atomic E-state index is 0.0289. The molecular weight excluding hydrogens is 310 g/mol.